The second-order valence-electron chi connectivity index (χ2n) is 5.73. The molecule has 0 aromatic carbocycles. The van der Waals surface area contributed by atoms with Crippen LogP contribution in [-0.4, -0.2) is 62.1 Å². The van der Waals surface area contributed by atoms with Gasteiger partial charge in [-0.2, -0.15) is 0 Å². The van der Waals surface area contributed by atoms with Crippen LogP contribution in [0.15, 0.2) is 0 Å². The second kappa shape index (κ2) is 6.53. The highest BCUT2D eigenvalue weighted by atomic mass is 16.5. The Labute approximate surface area is 110 Å². The molecule has 2 atom stereocenters. The number of rotatable bonds is 4. The van der Waals surface area contributed by atoms with Crippen LogP contribution in [0.1, 0.15) is 32.1 Å². The number of carbonyl (C=O) groups excluding carboxylic acids is 1. The highest BCUT2D eigenvalue weighted by molar-refractivity contribution is 5.72. The number of carbonyl (C=O) groups is 1. The Kier molecular flexibility index (Phi) is 5.01. The molecule has 0 amide bonds. The number of likely N-dealkylation sites (tertiary alicyclic amines) is 2. The van der Waals surface area contributed by atoms with Crippen LogP contribution in [0.4, 0.5) is 0 Å². The van der Waals surface area contributed by atoms with E-state index in [9.17, 15) is 4.79 Å². The molecular weight excluding hydrogens is 228 g/mol. The summed E-state index contributed by atoms with van der Waals surface area (Å²) >= 11 is 0. The SMILES string of the molecule is COC(=O)C1CCN(CCC2CCCCN2C)C1. The molecule has 4 nitrogen and oxygen atoms in total. The van der Waals surface area contributed by atoms with Gasteiger partial charge in [-0.15, -0.1) is 0 Å². The zero-order chi connectivity index (χ0) is 13.0. The summed E-state index contributed by atoms with van der Waals surface area (Å²) in [7, 11) is 3.73. The molecule has 2 heterocycles. The Morgan fingerprint density at radius 2 is 2.11 bits per heavy atom. The lowest BCUT2D eigenvalue weighted by molar-refractivity contribution is -0.144. The maximum absolute atomic E-state index is 11.5. The molecule has 2 rings (SSSR count). The molecule has 2 aliphatic rings. The summed E-state index contributed by atoms with van der Waals surface area (Å²) in [6, 6.07) is 0.746. The van der Waals surface area contributed by atoms with Gasteiger partial charge in [0.05, 0.1) is 13.0 Å². The Hall–Kier alpha value is -0.610. The molecule has 0 radical (unpaired) electrons. The van der Waals surface area contributed by atoms with Gasteiger partial charge in [-0.25, -0.2) is 0 Å². The molecular formula is C14H26N2O2. The van der Waals surface area contributed by atoms with E-state index < -0.39 is 0 Å². The van der Waals surface area contributed by atoms with E-state index in [1.54, 1.807) is 0 Å². The summed E-state index contributed by atoms with van der Waals surface area (Å²) in [6.45, 7) is 4.32. The van der Waals surface area contributed by atoms with Crippen molar-refractivity contribution in [2.45, 2.75) is 38.1 Å². The minimum atomic E-state index is -0.0349. The van der Waals surface area contributed by atoms with Crippen molar-refractivity contribution in [1.29, 1.82) is 0 Å². The van der Waals surface area contributed by atoms with Crippen LogP contribution in [0.3, 0.4) is 0 Å². The van der Waals surface area contributed by atoms with Crippen LogP contribution in [0.25, 0.3) is 0 Å². The first-order valence-corrected chi connectivity index (χ1v) is 7.21. The number of methoxy groups -OCH3 is 1. The van der Waals surface area contributed by atoms with Gasteiger partial charge in [0.2, 0.25) is 0 Å². The molecule has 2 fully saturated rings. The molecule has 0 spiro atoms. The van der Waals surface area contributed by atoms with Gasteiger partial charge in [-0.05, 0) is 52.4 Å². The summed E-state index contributed by atoms with van der Waals surface area (Å²) in [6.07, 6.45) is 6.27. The number of esters is 1. The molecule has 104 valence electrons. The molecule has 0 bridgehead atoms. The third-order valence-electron chi connectivity index (χ3n) is 4.51. The molecule has 0 saturated carbocycles. The molecule has 0 aromatic heterocycles. The Morgan fingerprint density at radius 1 is 1.28 bits per heavy atom. The minimum Gasteiger partial charge on any atom is -0.469 e. The monoisotopic (exact) mass is 254 g/mol. The smallest absolute Gasteiger partial charge is 0.310 e. The average Bonchev–Trinajstić information content (AvgIpc) is 2.86. The summed E-state index contributed by atoms with van der Waals surface area (Å²) in [5.41, 5.74) is 0. The van der Waals surface area contributed by atoms with E-state index in [1.807, 2.05) is 0 Å². The molecule has 2 unspecified atom stereocenters. The minimum absolute atomic E-state index is 0.0349. The van der Waals surface area contributed by atoms with Gasteiger partial charge >= 0.3 is 5.97 Å². The maximum Gasteiger partial charge on any atom is 0.310 e. The first kappa shape index (κ1) is 13.8. The van der Waals surface area contributed by atoms with Crippen molar-refractivity contribution < 1.29 is 9.53 Å². The summed E-state index contributed by atoms with van der Waals surface area (Å²) in [4.78, 5) is 16.4. The first-order chi connectivity index (χ1) is 8.70. The van der Waals surface area contributed by atoms with E-state index >= 15 is 0 Å². The quantitative estimate of drug-likeness (QED) is 0.709. The van der Waals surface area contributed by atoms with Crippen molar-refractivity contribution >= 4 is 5.97 Å². The average molecular weight is 254 g/mol. The Morgan fingerprint density at radius 3 is 2.83 bits per heavy atom. The second-order valence-corrected chi connectivity index (χ2v) is 5.73. The standard InChI is InChI=1S/C14H26N2O2/c1-15-8-4-3-5-13(15)7-10-16-9-6-12(11-16)14(17)18-2/h12-13H,3-11H2,1-2H3. The normalized spacial score (nSPS) is 30.6. The van der Waals surface area contributed by atoms with Crippen LogP contribution in [0, 0.1) is 5.92 Å². The van der Waals surface area contributed by atoms with E-state index in [0.29, 0.717) is 0 Å². The van der Waals surface area contributed by atoms with Crippen LogP contribution in [0.2, 0.25) is 0 Å². The summed E-state index contributed by atoms with van der Waals surface area (Å²) < 4.78 is 4.82. The van der Waals surface area contributed by atoms with E-state index in [1.165, 1.54) is 39.3 Å². The predicted molar refractivity (Wildman–Crippen MR) is 71.4 cm³/mol. The van der Waals surface area contributed by atoms with Gasteiger partial charge in [-0.3, -0.25) is 4.79 Å². The Balaban J connectivity index is 1.70. The van der Waals surface area contributed by atoms with Crippen molar-refractivity contribution in [3.63, 3.8) is 0 Å². The molecule has 0 aromatic rings. The number of ether oxygens (including phenoxy) is 1. The topological polar surface area (TPSA) is 32.8 Å². The fourth-order valence-electron chi connectivity index (χ4n) is 3.24. The summed E-state index contributed by atoms with van der Waals surface area (Å²) in [5, 5.41) is 0. The lowest BCUT2D eigenvalue weighted by Gasteiger charge is -2.33. The van der Waals surface area contributed by atoms with Crippen LogP contribution in [0.5, 0.6) is 0 Å². The van der Waals surface area contributed by atoms with E-state index in [0.717, 1.165) is 32.1 Å². The fraction of sp³-hybridized carbons (Fsp3) is 0.929. The third kappa shape index (κ3) is 3.45. The molecule has 2 aliphatic heterocycles. The summed E-state index contributed by atoms with van der Waals surface area (Å²) in [5.74, 6) is 0.0753. The predicted octanol–water partition coefficient (Wildman–Crippen LogP) is 1.36. The zero-order valence-electron chi connectivity index (χ0n) is 11.7. The number of piperidine rings is 1. The maximum atomic E-state index is 11.5. The van der Waals surface area contributed by atoms with Crippen molar-refractivity contribution in [2.75, 3.05) is 40.3 Å². The first-order valence-electron chi connectivity index (χ1n) is 7.21. The van der Waals surface area contributed by atoms with Gasteiger partial charge in [0.1, 0.15) is 0 Å². The largest absolute Gasteiger partial charge is 0.469 e. The van der Waals surface area contributed by atoms with Crippen LogP contribution >= 0.6 is 0 Å². The number of hydrogen-bond acceptors (Lipinski definition) is 4. The number of nitrogens with zero attached hydrogens (tertiary/aromatic N) is 2. The molecule has 4 heteroatoms. The van der Waals surface area contributed by atoms with Crippen molar-refractivity contribution in [3.8, 4) is 0 Å². The van der Waals surface area contributed by atoms with Crippen molar-refractivity contribution in [1.82, 2.24) is 9.80 Å². The van der Waals surface area contributed by atoms with Gasteiger partial charge in [0, 0.05) is 12.6 Å². The Bertz CT molecular complexity index is 283. The lowest BCUT2D eigenvalue weighted by Crippen LogP contribution is -2.38. The van der Waals surface area contributed by atoms with Gasteiger partial charge in [0.25, 0.3) is 0 Å². The fourth-order valence-corrected chi connectivity index (χ4v) is 3.24. The van der Waals surface area contributed by atoms with Gasteiger partial charge in [0.15, 0.2) is 0 Å². The molecule has 0 aliphatic carbocycles. The van der Waals surface area contributed by atoms with E-state index in [-0.39, 0.29) is 11.9 Å². The molecule has 18 heavy (non-hydrogen) atoms. The zero-order valence-corrected chi connectivity index (χ0v) is 11.7. The lowest BCUT2D eigenvalue weighted by atomic mass is 10.00. The van der Waals surface area contributed by atoms with Gasteiger partial charge in [-0.1, -0.05) is 6.42 Å². The van der Waals surface area contributed by atoms with Crippen molar-refractivity contribution in [3.05, 3.63) is 0 Å². The van der Waals surface area contributed by atoms with Crippen LogP contribution < -0.4 is 0 Å². The molecule has 2 saturated heterocycles. The van der Waals surface area contributed by atoms with E-state index in [4.69, 9.17) is 4.74 Å². The highest BCUT2D eigenvalue weighted by Crippen LogP contribution is 2.21. The van der Waals surface area contributed by atoms with E-state index in [2.05, 4.69) is 16.8 Å². The van der Waals surface area contributed by atoms with Crippen LogP contribution in [-0.2, 0) is 9.53 Å². The molecule has 0 N–H and O–H groups in total. The number of hydrogen-bond donors (Lipinski definition) is 0. The highest BCUT2D eigenvalue weighted by Gasteiger charge is 2.29. The van der Waals surface area contributed by atoms with Gasteiger partial charge < -0.3 is 14.5 Å². The van der Waals surface area contributed by atoms with Crippen molar-refractivity contribution in [2.24, 2.45) is 5.92 Å². The third-order valence-corrected chi connectivity index (χ3v) is 4.51.